The van der Waals surface area contributed by atoms with Crippen molar-refractivity contribution in [2.75, 3.05) is 14.2 Å². The average Bonchev–Trinajstić information content (AvgIpc) is 2.27. The highest BCUT2D eigenvalue weighted by Gasteiger charge is 2.23. The fraction of sp³-hybridized carbons (Fsp3) is 0.222. The molecule has 0 amide bonds. The molecule has 0 bridgehead atoms. The fourth-order valence-electron chi connectivity index (χ4n) is 1.14. The Hall–Kier alpha value is -1.89. The fourth-order valence-corrected chi connectivity index (χ4v) is 1.14. The van der Waals surface area contributed by atoms with Crippen LogP contribution in [0.1, 0.15) is 0 Å². The number of methoxy groups -OCH3 is 2. The molecule has 0 heterocycles. The van der Waals surface area contributed by atoms with Crippen LogP contribution < -0.4 is 14.9 Å². The largest absolute Gasteiger partial charge is 0.564 e. The topological polar surface area (TPSA) is 85.2 Å². The van der Waals surface area contributed by atoms with Crippen LogP contribution >= 0.6 is 0 Å². The summed E-state index contributed by atoms with van der Waals surface area (Å²) in [5.74, 6) is 0.866. The van der Waals surface area contributed by atoms with E-state index in [0.717, 1.165) is 0 Å². The van der Waals surface area contributed by atoms with Crippen LogP contribution in [0.2, 0.25) is 0 Å². The predicted octanol–water partition coefficient (Wildman–Crippen LogP) is 0.0859. The summed E-state index contributed by atoms with van der Waals surface area (Å²) in [6, 6.07) is 4.50. The lowest BCUT2D eigenvalue weighted by Gasteiger charge is -2.09. The molecule has 1 rings (SSSR count). The van der Waals surface area contributed by atoms with E-state index < -0.39 is 13.3 Å². The molecule has 0 unspecified atom stereocenters. The van der Waals surface area contributed by atoms with Crippen LogP contribution in [-0.2, 0) is 4.65 Å². The van der Waals surface area contributed by atoms with E-state index in [4.69, 9.17) is 14.6 Å². The molecule has 1 aromatic carbocycles. The zero-order valence-corrected chi connectivity index (χ0v) is 8.84. The molecule has 0 saturated carbocycles. The van der Waals surface area contributed by atoms with Gasteiger partial charge in [-0.25, -0.2) is 4.79 Å². The maximum Gasteiger partial charge on any atom is 0.564 e. The number of benzene rings is 1. The summed E-state index contributed by atoms with van der Waals surface area (Å²) >= 11 is 0. The minimum absolute atomic E-state index is 0.235. The molecule has 0 saturated heterocycles. The van der Waals surface area contributed by atoms with Crippen LogP contribution in [0.25, 0.3) is 0 Å². The van der Waals surface area contributed by atoms with Crippen molar-refractivity contribution in [1.82, 2.24) is 0 Å². The molecular formula is C9H11BO6. The summed E-state index contributed by atoms with van der Waals surface area (Å²) in [4.78, 5) is 10.2. The van der Waals surface area contributed by atoms with Crippen LogP contribution in [-0.4, -0.2) is 37.6 Å². The second-order valence-corrected chi connectivity index (χ2v) is 2.88. The van der Waals surface area contributed by atoms with Gasteiger partial charge in [-0.2, -0.15) is 0 Å². The number of carboxylic acid groups (broad SMARTS) is 1. The summed E-state index contributed by atoms with van der Waals surface area (Å²) in [5.41, 5.74) is 0.235. The molecule has 0 aliphatic rings. The average molecular weight is 226 g/mol. The highest BCUT2D eigenvalue weighted by Crippen LogP contribution is 2.17. The molecule has 7 heteroatoms. The van der Waals surface area contributed by atoms with Crippen molar-refractivity contribution in [3.05, 3.63) is 18.2 Å². The van der Waals surface area contributed by atoms with Gasteiger partial charge in [0.25, 0.3) is 0 Å². The molecule has 16 heavy (non-hydrogen) atoms. The molecule has 0 aliphatic carbocycles. The van der Waals surface area contributed by atoms with E-state index in [1.807, 2.05) is 0 Å². The van der Waals surface area contributed by atoms with Crippen LogP contribution in [0.5, 0.6) is 11.5 Å². The molecular weight excluding hydrogens is 215 g/mol. The first-order chi connectivity index (χ1) is 7.56. The Kier molecular flexibility index (Phi) is 4.01. The lowest BCUT2D eigenvalue weighted by molar-refractivity contribution is 0.137. The van der Waals surface area contributed by atoms with Crippen LogP contribution in [0.3, 0.4) is 0 Å². The molecule has 0 fully saturated rings. The monoisotopic (exact) mass is 226 g/mol. The van der Waals surface area contributed by atoms with Gasteiger partial charge in [-0.3, -0.25) is 0 Å². The maximum atomic E-state index is 10.2. The Morgan fingerprint density at radius 2 is 1.69 bits per heavy atom. The number of hydrogen-bond donors (Lipinski definition) is 2. The Bertz CT molecular complexity index is 358. The second-order valence-electron chi connectivity index (χ2n) is 2.88. The highest BCUT2D eigenvalue weighted by molar-refractivity contribution is 6.61. The minimum Gasteiger partial charge on any atom is -0.497 e. The standard InChI is InChI=1S/C9H11BO6/c1-14-7-3-6(4-8(5-7)15-2)10(13)16-9(11)12/h3-5,13H,1-2H3,(H,11,12). The van der Waals surface area contributed by atoms with Crippen LogP contribution in [0.4, 0.5) is 4.79 Å². The van der Waals surface area contributed by atoms with E-state index in [1.54, 1.807) is 6.07 Å². The Labute approximate surface area is 92.5 Å². The first-order valence-electron chi connectivity index (χ1n) is 4.37. The SMILES string of the molecule is COc1cc(OC)cc(B(O)OC(=O)O)c1. The molecule has 86 valence electrons. The molecule has 2 N–H and O–H groups in total. The van der Waals surface area contributed by atoms with E-state index in [9.17, 15) is 9.82 Å². The maximum absolute atomic E-state index is 10.2. The van der Waals surface area contributed by atoms with E-state index in [-0.39, 0.29) is 5.46 Å². The third-order valence-electron chi connectivity index (χ3n) is 1.87. The highest BCUT2D eigenvalue weighted by atomic mass is 16.7. The quantitative estimate of drug-likeness (QED) is 0.707. The Morgan fingerprint density at radius 1 is 1.19 bits per heavy atom. The predicted molar refractivity (Wildman–Crippen MR) is 56.3 cm³/mol. The van der Waals surface area contributed by atoms with Crippen molar-refractivity contribution in [3.63, 3.8) is 0 Å². The van der Waals surface area contributed by atoms with Gasteiger partial charge in [0.2, 0.25) is 0 Å². The Balaban J connectivity index is 2.97. The van der Waals surface area contributed by atoms with Gasteiger partial charge in [-0.05, 0) is 12.1 Å². The molecule has 0 atom stereocenters. The first-order valence-corrected chi connectivity index (χ1v) is 4.37. The van der Waals surface area contributed by atoms with Crippen molar-refractivity contribution in [1.29, 1.82) is 0 Å². The lowest BCUT2D eigenvalue weighted by Crippen LogP contribution is -2.35. The van der Waals surface area contributed by atoms with Crippen molar-refractivity contribution in [3.8, 4) is 11.5 Å². The summed E-state index contributed by atoms with van der Waals surface area (Å²) in [5, 5.41) is 17.8. The lowest BCUT2D eigenvalue weighted by atomic mass is 9.79. The van der Waals surface area contributed by atoms with Gasteiger partial charge in [-0.1, -0.05) is 0 Å². The van der Waals surface area contributed by atoms with E-state index in [0.29, 0.717) is 11.5 Å². The van der Waals surface area contributed by atoms with E-state index >= 15 is 0 Å². The van der Waals surface area contributed by atoms with E-state index in [1.165, 1.54) is 26.4 Å². The first kappa shape index (κ1) is 12.2. The van der Waals surface area contributed by atoms with Crippen molar-refractivity contribution in [2.24, 2.45) is 0 Å². The molecule has 1 aromatic rings. The van der Waals surface area contributed by atoms with Gasteiger partial charge in [0.05, 0.1) is 14.2 Å². The molecule has 0 spiro atoms. The molecule has 6 nitrogen and oxygen atoms in total. The van der Waals surface area contributed by atoms with Gasteiger partial charge in [0.1, 0.15) is 11.5 Å². The molecule has 0 aromatic heterocycles. The van der Waals surface area contributed by atoms with Crippen molar-refractivity contribution >= 4 is 18.7 Å². The summed E-state index contributed by atoms with van der Waals surface area (Å²) in [7, 11) is 1.33. The number of hydrogen-bond acceptors (Lipinski definition) is 5. The number of carbonyl (C=O) groups is 1. The zero-order chi connectivity index (χ0) is 12.1. The number of ether oxygens (including phenoxy) is 2. The molecule has 0 aliphatic heterocycles. The minimum atomic E-state index is -1.57. The normalized spacial score (nSPS) is 9.44. The number of rotatable bonds is 4. The van der Waals surface area contributed by atoms with Gasteiger partial charge in [0.15, 0.2) is 0 Å². The van der Waals surface area contributed by atoms with Gasteiger partial charge in [-0.15, -0.1) is 0 Å². The molecule has 0 radical (unpaired) electrons. The Morgan fingerprint density at radius 3 is 2.06 bits per heavy atom. The van der Waals surface area contributed by atoms with Crippen LogP contribution in [0.15, 0.2) is 18.2 Å². The second kappa shape index (κ2) is 5.27. The summed E-state index contributed by atoms with van der Waals surface area (Å²) in [6.07, 6.45) is -1.56. The van der Waals surface area contributed by atoms with Gasteiger partial charge < -0.3 is 24.3 Å². The van der Waals surface area contributed by atoms with Crippen LogP contribution in [0, 0.1) is 0 Å². The van der Waals surface area contributed by atoms with Gasteiger partial charge in [0, 0.05) is 11.5 Å². The smallest absolute Gasteiger partial charge is 0.497 e. The zero-order valence-electron chi connectivity index (χ0n) is 8.84. The summed E-state index contributed by atoms with van der Waals surface area (Å²) in [6.45, 7) is 0. The third-order valence-corrected chi connectivity index (χ3v) is 1.87. The van der Waals surface area contributed by atoms with Crippen molar-refractivity contribution < 1.29 is 29.1 Å². The summed E-state index contributed by atoms with van der Waals surface area (Å²) < 4.78 is 14.1. The van der Waals surface area contributed by atoms with Gasteiger partial charge >= 0.3 is 13.3 Å². The van der Waals surface area contributed by atoms with Crippen molar-refractivity contribution in [2.45, 2.75) is 0 Å². The van der Waals surface area contributed by atoms with E-state index in [2.05, 4.69) is 4.65 Å². The third kappa shape index (κ3) is 3.06.